The van der Waals surface area contributed by atoms with Crippen molar-refractivity contribution < 1.29 is 4.79 Å². The van der Waals surface area contributed by atoms with Gasteiger partial charge in [-0.05, 0) is 11.9 Å². The quantitative estimate of drug-likeness (QED) is 0.608. The first-order valence-electron chi connectivity index (χ1n) is 3.65. The van der Waals surface area contributed by atoms with Crippen molar-refractivity contribution in [3.05, 3.63) is 0 Å². The highest BCUT2D eigenvalue weighted by Crippen LogP contribution is 2.23. The monoisotopic (exact) mass is 174 g/mol. The molecule has 2 amide bonds. The number of amides is 2. The molecule has 3 nitrogen and oxygen atoms in total. The number of nitrogens with zero attached hydrogens (tertiary/aromatic N) is 1. The third-order valence-electron chi connectivity index (χ3n) is 1.74. The first kappa shape index (κ1) is 8.71. The minimum atomic E-state index is 0.0387. The van der Waals surface area contributed by atoms with E-state index in [4.69, 9.17) is 0 Å². The zero-order chi connectivity index (χ0) is 8.48. The second kappa shape index (κ2) is 2.93. The van der Waals surface area contributed by atoms with Gasteiger partial charge in [0.15, 0.2) is 0 Å². The summed E-state index contributed by atoms with van der Waals surface area (Å²) in [6.45, 7) is 5.91. The number of urea groups is 1. The van der Waals surface area contributed by atoms with E-state index in [1.807, 2.05) is 6.26 Å². The summed E-state index contributed by atoms with van der Waals surface area (Å²) in [6.07, 6.45) is 1.92. The molecule has 0 aromatic carbocycles. The van der Waals surface area contributed by atoms with Crippen LogP contribution in [0.25, 0.3) is 0 Å². The van der Waals surface area contributed by atoms with E-state index >= 15 is 0 Å². The second-order valence-corrected chi connectivity index (χ2v) is 4.35. The van der Waals surface area contributed by atoms with Gasteiger partial charge in [-0.15, -0.1) is 0 Å². The van der Waals surface area contributed by atoms with E-state index in [1.54, 1.807) is 4.31 Å². The fraction of sp³-hybridized carbons (Fsp3) is 0.857. The van der Waals surface area contributed by atoms with Gasteiger partial charge < -0.3 is 5.32 Å². The molecule has 0 aromatic heterocycles. The van der Waals surface area contributed by atoms with Gasteiger partial charge in [0.2, 0.25) is 0 Å². The van der Waals surface area contributed by atoms with Gasteiger partial charge in [0.05, 0.1) is 0 Å². The van der Waals surface area contributed by atoms with E-state index in [1.165, 1.54) is 11.9 Å². The summed E-state index contributed by atoms with van der Waals surface area (Å²) in [7, 11) is 0. The zero-order valence-electron chi connectivity index (χ0n) is 7.18. The minimum Gasteiger partial charge on any atom is -0.337 e. The molecule has 0 radical (unpaired) electrons. The highest BCUT2D eigenvalue weighted by molar-refractivity contribution is 7.96. The summed E-state index contributed by atoms with van der Waals surface area (Å²) in [5.41, 5.74) is 0.205. The number of carbonyl (C=O) groups excluding carboxylic acids is 1. The van der Waals surface area contributed by atoms with Crippen LogP contribution in [-0.4, -0.2) is 29.7 Å². The summed E-state index contributed by atoms with van der Waals surface area (Å²) in [6, 6.07) is 0.0387. The van der Waals surface area contributed by atoms with Crippen molar-refractivity contribution >= 4 is 18.0 Å². The van der Waals surface area contributed by atoms with E-state index in [9.17, 15) is 4.79 Å². The van der Waals surface area contributed by atoms with Gasteiger partial charge in [-0.2, -0.15) is 0 Å². The maximum Gasteiger partial charge on any atom is 0.327 e. The van der Waals surface area contributed by atoms with Crippen LogP contribution in [0.4, 0.5) is 4.79 Å². The normalized spacial score (nSPS) is 23.2. The zero-order valence-corrected chi connectivity index (χ0v) is 7.99. The van der Waals surface area contributed by atoms with Crippen molar-refractivity contribution in [2.24, 2.45) is 5.41 Å². The van der Waals surface area contributed by atoms with Crippen molar-refractivity contribution in [2.45, 2.75) is 13.8 Å². The molecule has 1 aliphatic rings. The molecule has 64 valence electrons. The summed E-state index contributed by atoms with van der Waals surface area (Å²) in [5.74, 6) is 0. The maximum atomic E-state index is 11.1. The molecule has 0 saturated carbocycles. The van der Waals surface area contributed by atoms with Crippen LogP contribution in [0.1, 0.15) is 13.8 Å². The first-order chi connectivity index (χ1) is 5.05. The van der Waals surface area contributed by atoms with Crippen molar-refractivity contribution in [3.8, 4) is 0 Å². The van der Waals surface area contributed by atoms with Crippen LogP contribution in [0.15, 0.2) is 0 Å². The van der Waals surface area contributed by atoms with E-state index in [0.717, 1.165) is 13.1 Å². The molecule has 1 saturated heterocycles. The number of nitrogens with one attached hydrogen (secondary N) is 1. The van der Waals surface area contributed by atoms with Crippen molar-refractivity contribution in [3.63, 3.8) is 0 Å². The standard InChI is InChI=1S/C7H14N2OS/c1-7(2)4-8-6(10)9(5-7)11-3/h4-5H2,1-3H3,(H,8,10). The van der Waals surface area contributed by atoms with Gasteiger partial charge >= 0.3 is 6.03 Å². The maximum absolute atomic E-state index is 11.1. The average Bonchev–Trinajstić information content (AvgIpc) is 1.94. The van der Waals surface area contributed by atoms with Gasteiger partial charge in [-0.25, -0.2) is 4.79 Å². The SMILES string of the molecule is CSN1CC(C)(C)CNC1=O. The van der Waals surface area contributed by atoms with E-state index in [2.05, 4.69) is 19.2 Å². The Hall–Kier alpha value is -0.380. The lowest BCUT2D eigenvalue weighted by Crippen LogP contribution is -2.51. The molecule has 1 heterocycles. The lowest BCUT2D eigenvalue weighted by atomic mass is 9.92. The predicted octanol–water partition coefficient (Wildman–Crippen LogP) is 1.32. The lowest BCUT2D eigenvalue weighted by Gasteiger charge is -2.36. The predicted molar refractivity (Wildman–Crippen MR) is 47.4 cm³/mol. The Morgan fingerprint density at radius 3 is 2.73 bits per heavy atom. The number of carbonyl (C=O) groups is 1. The third kappa shape index (κ3) is 2.02. The molecule has 1 fully saturated rings. The number of rotatable bonds is 1. The van der Waals surface area contributed by atoms with Crippen molar-refractivity contribution in [2.75, 3.05) is 19.3 Å². The second-order valence-electron chi connectivity index (χ2n) is 3.54. The van der Waals surface area contributed by atoms with Crippen molar-refractivity contribution in [1.29, 1.82) is 0 Å². The Morgan fingerprint density at radius 2 is 2.27 bits per heavy atom. The van der Waals surface area contributed by atoms with Crippen LogP contribution >= 0.6 is 11.9 Å². The van der Waals surface area contributed by atoms with E-state index in [0.29, 0.717) is 0 Å². The van der Waals surface area contributed by atoms with Gasteiger partial charge in [-0.1, -0.05) is 13.8 Å². The van der Waals surface area contributed by atoms with Crippen LogP contribution < -0.4 is 5.32 Å². The third-order valence-corrected chi connectivity index (χ3v) is 2.47. The fourth-order valence-electron chi connectivity index (χ4n) is 1.07. The van der Waals surface area contributed by atoms with Crippen LogP contribution in [0.2, 0.25) is 0 Å². The summed E-state index contributed by atoms with van der Waals surface area (Å²) in [5, 5.41) is 2.84. The largest absolute Gasteiger partial charge is 0.337 e. The van der Waals surface area contributed by atoms with Gasteiger partial charge in [0, 0.05) is 24.8 Å². The van der Waals surface area contributed by atoms with Crippen LogP contribution in [0.3, 0.4) is 0 Å². The van der Waals surface area contributed by atoms with Crippen LogP contribution in [0.5, 0.6) is 0 Å². The molecule has 0 unspecified atom stereocenters. The highest BCUT2D eigenvalue weighted by atomic mass is 32.2. The molecule has 11 heavy (non-hydrogen) atoms. The Morgan fingerprint density at radius 1 is 1.64 bits per heavy atom. The summed E-state index contributed by atoms with van der Waals surface area (Å²) < 4.78 is 1.75. The molecule has 1 N–H and O–H groups in total. The topological polar surface area (TPSA) is 32.3 Å². The minimum absolute atomic E-state index is 0.0387. The lowest BCUT2D eigenvalue weighted by molar-refractivity contribution is 0.182. The molecular formula is C7H14N2OS. The molecule has 1 aliphatic heterocycles. The number of hydrogen-bond acceptors (Lipinski definition) is 2. The van der Waals surface area contributed by atoms with Crippen LogP contribution in [-0.2, 0) is 0 Å². The molecule has 0 bridgehead atoms. The summed E-state index contributed by atoms with van der Waals surface area (Å²) >= 11 is 1.48. The van der Waals surface area contributed by atoms with E-state index < -0.39 is 0 Å². The Kier molecular flexibility index (Phi) is 2.32. The Balaban J connectivity index is 2.58. The van der Waals surface area contributed by atoms with E-state index in [-0.39, 0.29) is 11.4 Å². The Labute approximate surface area is 71.7 Å². The first-order valence-corrected chi connectivity index (χ1v) is 4.83. The van der Waals surface area contributed by atoms with Gasteiger partial charge in [0.1, 0.15) is 0 Å². The molecule has 0 atom stereocenters. The van der Waals surface area contributed by atoms with Gasteiger partial charge in [0.25, 0.3) is 0 Å². The average molecular weight is 174 g/mol. The van der Waals surface area contributed by atoms with Crippen molar-refractivity contribution in [1.82, 2.24) is 9.62 Å². The fourth-order valence-corrected chi connectivity index (χ4v) is 1.78. The molecule has 1 rings (SSSR count). The Bertz CT molecular complexity index is 170. The molecule has 0 aromatic rings. The molecule has 0 aliphatic carbocycles. The molecule has 0 spiro atoms. The molecular weight excluding hydrogens is 160 g/mol. The molecule has 4 heteroatoms. The summed E-state index contributed by atoms with van der Waals surface area (Å²) in [4.78, 5) is 11.1. The smallest absolute Gasteiger partial charge is 0.327 e. The van der Waals surface area contributed by atoms with Crippen LogP contribution in [0, 0.1) is 5.41 Å². The number of hydrogen-bond donors (Lipinski definition) is 1. The van der Waals surface area contributed by atoms with Gasteiger partial charge in [-0.3, -0.25) is 4.31 Å². The highest BCUT2D eigenvalue weighted by Gasteiger charge is 2.30.